The summed E-state index contributed by atoms with van der Waals surface area (Å²) in [7, 11) is 3.77. The molecule has 2 aromatic carbocycles. The fourth-order valence-electron chi connectivity index (χ4n) is 2.04. The quantitative estimate of drug-likeness (QED) is 0.912. The highest BCUT2D eigenvalue weighted by molar-refractivity contribution is 9.10. The van der Waals surface area contributed by atoms with E-state index in [1.807, 2.05) is 43.3 Å². The molecule has 0 aromatic heterocycles. The van der Waals surface area contributed by atoms with E-state index in [1.54, 1.807) is 12.1 Å². The number of rotatable bonds is 4. The zero-order valence-corrected chi connectivity index (χ0v) is 12.5. The van der Waals surface area contributed by atoms with Crippen LogP contribution >= 0.6 is 15.9 Å². The molecule has 2 rings (SSSR count). The van der Waals surface area contributed by atoms with Crippen molar-refractivity contribution < 1.29 is 4.39 Å². The first-order valence-electron chi connectivity index (χ1n) is 6.04. The van der Waals surface area contributed by atoms with Crippen molar-refractivity contribution in [2.75, 3.05) is 19.0 Å². The Bertz CT molecular complexity index is 572. The van der Waals surface area contributed by atoms with Crippen molar-refractivity contribution in [3.63, 3.8) is 0 Å². The molecular weight excluding hydrogens is 307 g/mol. The van der Waals surface area contributed by atoms with Crippen LogP contribution in [-0.2, 0) is 6.54 Å². The van der Waals surface area contributed by atoms with E-state index in [4.69, 9.17) is 0 Å². The molecule has 0 saturated carbocycles. The lowest BCUT2D eigenvalue weighted by molar-refractivity contribution is 0.627. The van der Waals surface area contributed by atoms with Gasteiger partial charge in [0.2, 0.25) is 0 Å². The summed E-state index contributed by atoms with van der Waals surface area (Å²) in [5.41, 5.74) is 2.67. The van der Waals surface area contributed by atoms with Gasteiger partial charge in [0.15, 0.2) is 0 Å². The van der Waals surface area contributed by atoms with E-state index in [0.29, 0.717) is 5.69 Å². The van der Waals surface area contributed by atoms with Gasteiger partial charge in [-0.1, -0.05) is 34.1 Å². The summed E-state index contributed by atoms with van der Waals surface area (Å²) in [6.07, 6.45) is 0. The number of halogens is 2. The molecule has 0 saturated heterocycles. The Labute approximate surface area is 121 Å². The molecule has 0 aliphatic rings. The molecule has 0 amide bonds. The van der Waals surface area contributed by atoms with Crippen LogP contribution in [-0.4, -0.2) is 14.1 Å². The van der Waals surface area contributed by atoms with Crippen LogP contribution in [0.25, 0.3) is 0 Å². The Hall–Kier alpha value is -1.39. The van der Waals surface area contributed by atoms with Gasteiger partial charge in [-0.3, -0.25) is 0 Å². The van der Waals surface area contributed by atoms with Gasteiger partial charge in [-0.15, -0.1) is 0 Å². The van der Waals surface area contributed by atoms with E-state index < -0.39 is 0 Å². The van der Waals surface area contributed by atoms with E-state index >= 15 is 0 Å². The van der Waals surface area contributed by atoms with Crippen LogP contribution in [0.15, 0.2) is 46.9 Å². The maximum absolute atomic E-state index is 13.9. The van der Waals surface area contributed by atoms with Gasteiger partial charge in [0.05, 0.1) is 5.69 Å². The molecule has 0 heterocycles. The molecule has 19 heavy (non-hydrogen) atoms. The van der Waals surface area contributed by atoms with Gasteiger partial charge < -0.3 is 10.2 Å². The predicted molar refractivity (Wildman–Crippen MR) is 81.4 cm³/mol. The second kappa shape index (κ2) is 6.17. The van der Waals surface area contributed by atoms with Gasteiger partial charge in [-0.25, -0.2) is 4.39 Å². The standard InChI is InChI=1S/C15H16BrFN2/c1-18-10-11-7-8-12(16)9-15(11)19(2)14-6-4-3-5-13(14)17/h3-9,18H,10H2,1-2H3. The Morgan fingerprint density at radius 1 is 1.16 bits per heavy atom. The van der Waals surface area contributed by atoms with Crippen molar-refractivity contribution in [1.29, 1.82) is 0 Å². The normalized spacial score (nSPS) is 10.5. The molecule has 1 N–H and O–H groups in total. The third kappa shape index (κ3) is 3.14. The zero-order valence-electron chi connectivity index (χ0n) is 11.0. The maximum atomic E-state index is 13.9. The van der Waals surface area contributed by atoms with Gasteiger partial charge in [0, 0.05) is 23.8 Å². The third-order valence-corrected chi connectivity index (χ3v) is 3.48. The summed E-state index contributed by atoms with van der Waals surface area (Å²) in [5.74, 6) is -0.222. The van der Waals surface area contributed by atoms with E-state index in [1.165, 1.54) is 6.07 Å². The number of nitrogens with one attached hydrogen (secondary N) is 1. The largest absolute Gasteiger partial charge is 0.342 e. The number of nitrogens with zero attached hydrogens (tertiary/aromatic N) is 1. The highest BCUT2D eigenvalue weighted by Crippen LogP contribution is 2.31. The first-order chi connectivity index (χ1) is 9.13. The minimum atomic E-state index is -0.222. The highest BCUT2D eigenvalue weighted by Gasteiger charge is 2.12. The summed E-state index contributed by atoms with van der Waals surface area (Å²) in [4.78, 5) is 1.87. The van der Waals surface area contributed by atoms with Crippen LogP contribution < -0.4 is 10.2 Å². The Morgan fingerprint density at radius 2 is 1.89 bits per heavy atom. The van der Waals surface area contributed by atoms with Crippen LogP contribution in [0.4, 0.5) is 15.8 Å². The molecule has 0 aliphatic carbocycles. The topological polar surface area (TPSA) is 15.3 Å². The molecule has 100 valence electrons. The zero-order chi connectivity index (χ0) is 13.8. The van der Waals surface area contributed by atoms with Crippen molar-refractivity contribution in [3.8, 4) is 0 Å². The predicted octanol–water partition coefficient (Wildman–Crippen LogP) is 4.08. The van der Waals surface area contributed by atoms with Gasteiger partial charge in [-0.2, -0.15) is 0 Å². The molecule has 0 unspecified atom stereocenters. The molecule has 0 aliphatic heterocycles. The summed E-state index contributed by atoms with van der Waals surface area (Å²) in [6, 6.07) is 12.8. The van der Waals surface area contributed by atoms with Crippen molar-refractivity contribution in [3.05, 3.63) is 58.3 Å². The number of anilines is 2. The summed E-state index contributed by atoms with van der Waals surface area (Å²) < 4.78 is 14.9. The highest BCUT2D eigenvalue weighted by atomic mass is 79.9. The molecule has 0 atom stereocenters. The van der Waals surface area contributed by atoms with Gasteiger partial charge in [0.25, 0.3) is 0 Å². The van der Waals surface area contributed by atoms with Crippen molar-refractivity contribution in [2.45, 2.75) is 6.54 Å². The fourth-order valence-corrected chi connectivity index (χ4v) is 2.39. The van der Waals surface area contributed by atoms with Crippen molar-refractivity contribution >= 4 is 27.3 Å². The summed E-state index contributed by atoms with van der Waals surface area (Å²) >= 11 is 3.47. The molecule has 0 bridgehead atoms. The SMILES string of the molecule is CNCc1ccc(Br)cc1N(C)c1ccccc1F. The van der Waals surface area contributed by atoms with Crippen LogP contribution in [0.3, 0.4) is 0 Å². The fraction of sp³-hybridized carbons (Fsp3) is 0.200. The number of para-hydroxylation sites is 1. The molecular formula is C15H16BrFN2. The molecule has 2 nitrogen and oxygen atoms in total. The van der Waals surface area contributed by atoms with Gasteiger partial charge >= 0.3 is 0 Å². The van der Waals surface area contributed by atoms with E-state index in [0.717, 1.165) is 22.3 Å². The van der Waals surface area contributed by atoms with Gasteiger partial charge in [0.1, 0.15) is 5.82 Å². The van der Waals surface area contributed by atoms with Crippen LogP contribution in [0.2, 0.25) is 0 Å². The number of hydrogen-bond donors (Lipinski definition) is 1. The van der Waals surface area contributed by atoms with Crippen LogP contribution in [0.5, 0.6) is 0 Å². The maximum Gasteiger partial charge on any atom is 0.146 e. The smallest absolute Gasteiger partial charge is 0.146 e. The minimum absolute atomic E-state index is 0.222. The average molecular weight is 323 g/mol. The average Bonchev–Trinajstić information content (AvgIpc) is 2.41. The molecule has 0 radical (unpaired) electrons. The van der Waals surface area contributed by atoms with E-state index in [-0.39, 0.29) is 5.82 Å². The first-order valence-corrected chi connectivity index (χ1v) is 6.84. The monoisotopic (exact) mass is 322 g/mol. The Balaban J connectivity index is 2.45. The summed E-state index contributed by atoms with van der Waals surface area (Å²) in [6.45, 7) is 0.738. The van der Waals surface area contributed by atoms with Gasteiger partial charge in [-0.05, 0) is 36.9 Å². The van der Waals surface area contributed by atoms with Crippen molar-refractivity contribution in [2.24, 2.45) is 0 Å². The molecule has 2 aromatic rings. The number of benzene rings is 2. The van der Waals surface area contributed by atoms with Crippen LogP contribution in [0.1, 0.15) is 5.56 Å². The molecule has 4 heteroatoms. The Kier molecular flexibility index (Phi) is 4.56. The van der Waals surface area contributed by atoms with E-state index in [9.17, 15) is 4.39 Å². The lowest BCUT2D eigenvalue weighted by Gasteiger charge is -2.23. The lowest BCUT2D eigenvalue weighted by Crippen LogP contribution is -2.16. The number of hydrogen-bond acceptors (Lipinski definition) is 2. The molecule has 0 spiro atoms. The summed E-state index contributed by atoms with van der Waals surface area (Å²) in [5, 5.41) is 3.13. The third-order valence-electron chi connectivity index (χ3n) is 2.99. The molecule has 0 fully saturated rings. The minimum Gasteiger partial charge on any atom is -0.342 e. The Morgan fingerprint density at radius 3 is 2.58 bits per heavy atom. The lowest BCUT2D eigenvalue weighted by atomic mass is 10.1. The van der Waals surface area contributed by atoms with E-state index in [2.05, 4.69) is 21.2 Å². The second-order valence-corrected chi connectivity index (χ2v) is 5.23. The second-order valence-electron chi connectivity index (χ2n) is 4.31. The van der Waals surface area contributed by atoms with Crippen molar-refractivity contribution in [1.82, 2.24) is 5.32 Å². The first kappa shape index (κ1) is 14.0. The van der Waals surface area contributed by atoms with Crippen LogP contribution in [0, 0.1) is 5.82 Å².